The van der Waals surface area contributed by atoms with Crippen molar-refractivity contribution in [1.82, 2.24) is 13.9 Å². The Morgan fingerprint density at radius 3 is 2.35 bits per heavy atom. The highest BCUT2D eigenvalue weighted by Gasteiger charge is 2.37. The van der Waals surface area contributed by atoms with Crippen molar-refractivity contribution in [3.05, 3.63) is 0 Å². The largest absolute Gasteiger partial charge is 0.319 e. The zero-order valence-electron chi connectivity index (χ0n) is 13.0. The van der Waals surface area contributed by atoms with Crippen LogP contribution in [0.3, 0.4) is 0 Å². The Labute approximate surface area is 123 Å². The van der Waals surface area contributed by atoms with Gasteiger partial charge in [0.1, 0.15) is 0 Å². The molecule has 2 unspecified atom stereocenters. The van der Waals surface area contributed by atoms with E-state index in [0.717, 1.165) is 32.2 Å². The molecule has 0 saturated carbocycles. The summed E-state index contributed by atoms with van der Waals surface area (Å²) >= 11 is 0. The zero-order chi connectivity index (χ0) is 14.8. The van der Waals surface area contributed by atoms with Crippen molar-refractivity contribution in [2.75, 3.05) is 33.2 Å². The number of nitrogens with one attached hydrogen (secondary N) is 1. The highest BCUT2D eigenvalue weighted by Crippen LogP contribution is 2.28. The fourth-order valence-corrected chi connectivity index (χ4v) is 5.32. The highest BCUT2D eigenvalue weighted by atomic mass is 32.2. The first-order valence-corrected chi connectivity index (χ1v) is 9.26. The fourth-order valence-electron chi connectivity index (χ4n) is 3.35. The molecule has 0 amide bonds. The lowest BCUT2D eigenvalue weighted by atomic mass is 9.97. The number of piperidine rings is 2. The molecular formula is C14H29N3O2S. The summed E-state index contributed by atoms with van der Waals surface area (Å²) in [5, 5.41) is 3.19. The SMILES string of the molecule is CNCC1CCN(S(=O)(=O)N2CC(C)CCC2C)CC1. The Bertz CT molecular complexity index is 405. The van der Waals surface area contributed by atoms with E-state index in [1.807, 2.05) is 14.0 Å². The van der Waals surface area contributed by atoms with Crippen LogP contribution in [-0.2, 0) is 10.2 Å². The molecule has 2 heterocycles. The van der Waals surface area contributed by atoms with Gasteiger partial charge in [0.05, 0.1) is 0 Å². The number of nitrogens with zero attached hydrogens (tertiary/aromatic N) is 2. The fraction of sp³-hybridized carbons (Fsp3) is 1.00. The van der Waals surface area contributed by atoms with Crippen molar-refractivity contribution >= 4 is 10.2 Å². The lowest BCUT2D eigenvalue weighted by molar-refractivity contribution is 0.189. The maximum absolute atomic E-state index is 12.8. The average molecular weight is 303 g/mol. The molecule has 20 heavy (non-hydrogen) atoms. The number of hydrogen-bond donors (Lipinski definition) is 1. The van der Waals surface area contributed by atoms with Crippen molar-refractivity contribution in [1.29, 1.82) is 0 Å². The Morgan fingerprint density at radius 1 is 1.10 bits per heavy atom. The Kier molecular flexibility index (Phi) is 5.45. The second-order valence-electron chi connectivity index (χ2n) is 6.51. The molecule has 2 aliphatic heterocycles. The maximum atomic E-state index is 12.8. The molecular weight excluding hydrogens is 274 g/mol. The van der Waals surface area contributed by atoms with Gasteiger partial charge in [0, 0.05) is 25.7 Å². The zero-order valence-corrected chi connectivity index (χ0v) is 13.8. The van der Waals surface area contributed by atoms with Crippen molar-refractivity contribution < 1.29 is 8.42 Å². The standard InChI is InChI=1S/C14H29N3O2S/c1-12-4-5-13(2)17(11-12)20(18,19)16-8-6-14(7-9-16)10-15-3/h12-15H,4-11H2,1-3H3. The van der Waals surface area contributed by atoms with Crippen LogP contribution < -0.4 is 5.32 Å². The number of hydrogen-bond acceptors (Lipinski definition) is 3. The van der Waals surface area contributed by atoms with Gasteiger partial charge in [0.15, 0.2) is 0 Å². The van der Waals surface area contributed by atoms with Crippen LogP contribution in [0.5, 0.6) is 0 Å². The van der Waals surface area contributed by atoms with Crippen LogP contribution in [0.25, 0.3) is 0 Å². The minimum Gasteiger partial charge on any atom is -0.319 e. The highest BCUT2D eigenvalue weighted by molar-refractivity contribution is 7.86. The molecule has 2 rings (SSSR count). The third-order valence-corrected chi connectivity index (χ3v) is 6.87. The summed E-state index contributed by atoms with van der Waals surface area (Å²) in [5.41, 5.74) is 0. The first-order valence-electron chi connectivity index (χ1n) is 7.86. The van der Waals surface area contributed by atoms with Gasteiger partial charge in [0.25, 0.3) is 10.2 Å². The van der Waals surface area contributed by atoms with E-state index in [2.05, 4.69) is 12.2 Å². The van der Waals surface area contributed by atoms with E-state index in [1.165, 1.54) is 0 Å². The third kappa shape index (κ3) is 3.53. The Morgan fingerprint density at radius 2 is 1.75 bits per heavy atom. The lowest BCUT2D eigenvalue weighted by Crippen LogP contribution is -2.53. The van der Waals surface area contributed by atoms with Crippen molar-refractivity contribution in [3.8, 4) is 0 Å². The van der Waals surface area contributed by atoms with Gasteiger partial charge in [0.2, 0.25) is 0 Å². The van der Waals surface area contributed by atoms with Crippen LogP contribution in [0, 0.1) is 11.8 Å². The van der Waals surface area contributed by atoms with Crippen molar-refractivity contribution in [3.63, 3.8) is 0 Å². The van der Waals surface area contributed by atoms with E-state index in [0.29, 0.717) is 31.5 Å². The third-order valence-electron chi connectivity index (χ3n) is 4.75. The normalized spacial score (nSPS) is 31.6. The molecule has 0 bridgehead atoms. The molecule has 2 atom stereocenters. The smallest absolute Gasteiger partial charge is 0.282 e. The summed E-state index contributed by atoms with van der Waals surface area (Å²) in [6.07, 6.45) is 4.06. The second-order valence-corrected chi connectivity index (χ2v) is 8.39. The summed E-state index contributed by atoms with van der Waals surface area (Å²) < 4.78 is 29.0. The molecule has 0 aromatic heterocycles. The Hall–Kier alpha value is -0.170. The molecule has 0 spiro atoms. The maximum Gasteiger partial charge on any atom is 0.282 e. The van der Waals surface area contributed by atoms with E-state index >= 15 is 0 Å². The summed E-state index contributed by atoms with van der Waals surface area (Å²) in [5.74, 6) is 1.09. The summed E-state index contributed by atoms with van der Waals surface area (Å²) in [7, 11) is -1.30. The van der Waals surface area contributed by atoms with Gasteiger partial charge < -0.3 is 5.32 Å². The Balaban J connectivity index is 2.00. The van der Waals surface area contributed by atoms with Crippen LogP contribution in [0.15, 0.2) is 0 Å². The van der Waals surface area contributed by atoms with Gasteiger partial charge in [-0.25, -0.2) is 0 Å². The summed E-state index contributed by atoms with van der Waals surface area (Å²) in [6.45, 7) is 7.20. The van der Waals surface area contributed by atoms with Crippen LogP contribution >= 0.6 is 0 Å². The van der Waals surface area contributed by atoms with Crippen LogP contribution in [-0.4, -0.2) is 56.3 Å². The van der Waals surface area contributed by atoms with E-state index < -0.39 is 10.2 Å². The van der Waals surface area contributed by atoms with Gasteiger partial charge in [-0.1, -0.05) is 6.92 Å². The average Bonchev–Trinajstić information content (AvgIpc) is 2.42. The predicted molar refractivity (Wildman–Crippen MR) is 81.7 cm³/mol. The summed E-state index contributed by atoms with van der Waals surface area (Å²) in [4.78, 5) is 0. The first-order chi connectivity index (χ1) is 9.45. The summed E-state index contributed by atoms with van der Waals surface area (Å²) in [6, 6.07) is 0.145. The number of rotatable bonds is 4. The van der Waals surface area contributed by atoms with E-state index in [4.69, 9.17) is 0 Å². The quantitative estimate of drug-likeness (QED) is 0.851. The molecule has 1 N–H and O–H groups in total. The van der Waals surface area contributed by atoms with Crippen molar-refractivity contribution in [2.24, 2.45) is 11.8 Å². The van der Waals surface area contributed by atoms with Gasteiger partial charge in [-0.15, -0.1) is 0 Å². The second kappa shape index (κ2) is 6.73. The molecule has 0 aliphatic carbocycles. The molecule has 118 valence electrons. The van der Waals surface area contributed by atoms with Crippen LogP contribution in [0.4, 0.5) is 0 Å². The molecule has 6 heteroatoms. The molecule has 5 nitrogen and oxygen atoms in total. The van der Waals surface area contributed by atoms with Gasteiger partial charge in [-0.2, -0.15) is 17.0 Å². The van der Waals surface area contributed by atoms with Gasteiger partial charge in [-0.05, 0) is 58.0 Å². The van der Waals surface area contributed by atoms with Gasteiger partial charge >= 0.3 is 0 Å². The molecule has 2 fully saturated rings. The van der Waals surface area contributed by atoms with E-state index in [-0.39, 0.29) is 6.04 Å². The molecule has 0 aromatic rings. The molecule has 0 radical (unpaired) electrons. The molecule has 2 aliphatic rings. The van der Waals surface area contributed by atoms with Gasteiger partial charge in [-0.3, -0.25) is 0 Å². The minimum atomic E-state index is -3.26. The molecule has 2 saturated heterocycles. The van der Waals surface area contributed by atoms with E-state index in [9.17, 15) is 8.42 Å². The lowest BCUT2D eigenvalue weighted by Gasteiger charge is -2.40. The monoisotopic (exact) mass is 303 g/mol. The van der Waals surface area contributed by atoms with E-state index in [1.54, 1.807) is 8.61 Å². The minimum absolute atomic E-state index is 0.145. The predicted octanol–water partition coefficient (Wildman–Crippen LogP) is 1.28. The molecule has 0 aromatic carbocycles. The topological polar surface area (TPSA) is 52.7 Å². The first kappa shape index (κ1) is 16.2. The van der Waals surface area contributed by atoms with Crippen LogP contribution in [0.2, 0.25) is 0 Å². The van der Waals surface area contributed by atoms with Crippen molar-refractivity contribution in [2.45, 2.75) is 45.6 Å². The van der Waals surface area contributed by atoms with Crippen LogP contribution in [0.1, 0.15) is 39.5 Å².